The summed E-state index contributed by atoms with van der Waals surface area (Å²) in [4.78, 5) is 19.7. The van der Waals surface area contributed by atoms with Crippen molar-refractivity contribution in [3.05, 3.63) is 53.2 Å². The van der Waals surface area contributed by atoms with Gasteiger partial charge in [0.25, 0.3) is 5.91 Å². The average molecular weight is 425 g/mol. The van der Waals surface area contributed by atoms with E-state index in [1.54, 1.807) is 0 Å². The molecule has 5 rings (SSSR count). The van der Waals surface area contributed by atoms with E-state index < -0.39 is 0 Å². The number of carbonyl (C=O) groups excluding carboxylic acids is 1. The summed E-state index contributed by atoms with van der Waals surface area (Å²) in [6.45, 7) is 5.19. The van der Waals surface area contributed by atoms with Crippen molar-refractivity contribution in [2.75, 3.05) is 49.5 Å². The van der Waals surface area contributed by atoms with E-state index in [-0.39, 0.29) is 12.5 Å². The van der Waals surface area contributed by atoms with E-state index in [0.29, 0.717) is 0 Å². The number of hydrogen-bond acceptors (Lipinski definition) is 4. The van der Waals surface area contributed by atoms with Gasteiger partial charge in [-0.05, 0) is 55.3 Å². The number of nitrogens with zero attached hydrogens (tertiary/aromatic N) is 2. The Labute approximate surface area is 180 Å². The molecular formula is C23H25ClN4O2. The number of rotatable bonds is 5. The van der Waals surface area contributed by atoms with Crippen LogP contribution >= 0.6 is 11.6 Å². The fraction of sp³-hybridized carbons (Fsp3) is 0.348. The Morgan fingerprint density at radius 1 is 1.07 bits per heavy atom. The van der Waals surface area contributed by atoms with Crippen LogP contribution < -0.4 is 15.0 Å². The molecule has 0 aliphatic carbocycles. The van der Waals surface area contributed by atoms with Gasteiger partial charge >= 0.3 is 0 Å². The third-order valence-electron chi connectivity index (χ3n) is 5.96. The largest absolute Gasteiger partial charge is 0.482 e. The second-order valence-corrected chi connectivity index (χ2v) is 8.34. The summed E-state index contributed by atoms with van der Waals surface area (Å²) in [5, 5.41) is 4.90. The van der Waals surface area contributed by atoms with E-state index in [9.17, 15) is 4.79 Å². The number of benzene rings is 2. The Morgan fingerprint density at radius 3 is 2.80 bits per heavy atom. The van der Waals surface area contributed by atoms with Crippen molar-refractivity contribution in [1.29, 1.82) is 0 Å². The molecule has 2 aliphatic heterocycles. The van der Waals surface area contributed by atoms with Gasteiger partial charge in [-0.15, -0.1) is 0 Å². The molecule has 0 atom stereocenters. The number of aromatic nitrogens is 1. The summed E-state index contributed by atoms with van der Waals surface area (Å²) in [5.74, 6) is 0.665. The monoisotopic (exact) mass is 424 g/mol. The first-order valence-corrected chi connectivity index (χ1v) is 10.8. The lowest BCUT2D eigenvalue weighted by atomic mass is 10.1. The van der Waals surface area contributed by atoms with Gasteiger partial charge in [-0.3, -0.25) is 9.69 Å². The first-order valence-electron chi connectivity index (χ1n) is 10.5. The predicted molar refractivity (Wildman–Crippen MR) is 121 cm³/mol. The van der Waals surface area contributed by atoms with Crippen LogP contribution in [0.4, 0.5) is 11.4 Å². The van der Waals surface area contributed by atoms with Crippen molar-refractivity contribution < 1.29 is 9.53 Å². The molecule has 7 heteroatoms. The molecule has 2 N–H and O–H groups in total. The zero-order chi connectivity index (χ0) is 20.5. The fourth-order valence-corrected chi connectivity index (χ4v) is 4.68. The Bertz CT molecular complexity index is 1070. The quantitative estimate of drug-likeness (QED) is 0.652. The summed E-state index contributed by atoms with van der Waals surface area (Å²) in [6.07, 6.45) is 4.04. The van der Waals surface area contributed by atoms with Gasteiger partial charge in [0.2, 0.25) is 0 Å². The molecule has 156 valence electrons. The Balaban J connectivity index is 1.15. The van der Waals surface area contributed by atoms with Gasteiger partial charge in [0, 0.05) is 43.3 Å². The molecule has 3 aromatic rings. The van der Waals surface area contributed by atoms with Crippen LogP contribution in [0.25, 0.3) is 10.9 Å². The maximum atomic E-state index is 11.5. The summed E-state index contributed by atoms with van der Waals surface area (Å²) in [7, 11) is 0. The summed E-state index contributed by atoms with van der Waals surface area (Å²) >= 11 is 6.54. The van der Waals surface area contributed by atoms with Crippen LogP contribution in [0, 0.1) is 0 Å². The molecule has 1 fully saturated rings. The number of H-pyrrole nitrogens is 1. The van der Waals surface area contributed by atoms with Gasteiger partial charge in [0.1, 0.15) is 5.75 Å². The van der Waals surface area contributed by atoms with Crippen LogP contribution in [-0.2, 0) is 11.2 Å². The topological polar surface area (TPSA) is 60.6 Å². The third-order valence-corrected chi connectivity index (χ3v) is 6.27. The Kier molecular flexibility index (Phi) is 5.27. The minimum atomic E-state index is -0.0899. The standard InChI is InChI=1S/C23H25ClN4O2/c24-18-4-5-19-17(7-8-25-19)23(18)28-12-10-27(11-13-28)9-1-2-16-3-6-21-20(14-16)26-22(29)15-30-21/h3-8,14,25H,1-2,9-13,15H2,(H,26,29). The highest BCUT2D eigenvalue weighted by molar-refractivity contribution is 6.35. The van der Waals surface area contributed by atoms with Crippen molar-refractivity contribution >= 4 is 39.8 Å². The Hall–Kier alpha value is -2.70. The van der Waals surface area contributed by atoms with E-state index in [2.05, 4.69) is 32.2 Å². The maximum absolute atomic E-state index is 11.5. The number of hydrogen-bond donors (Lipinski definition) is 2. The SMILES string of the molecule is O=C1COc2ccc(CCCN3CCN(c4c(Cl)ccc5[nH]ccc45)CC3)cc2N1. The average Bonchev–Trinajstić information content (AvgIpc) is 3.23. The number of aromatic amines is 1. The second-order valence-electron chi connectivity index (χ2n) is 7.93. The number of carbonyl (C=O) groups is 1. The summed E-state index contributed by atoms with van der Waals surface area (Å²) < 4.78 is 5.43. The summed E-state index contributed by atoms with van der Waals surface area (Å²) in [6, 6.07) is 12.2. The van der Waals surface area contributed by atoms with Crippen molar-refractivity contribution in [2.45, 2.75) is 12.8 Å². The molecule has 1 aromatic heterocycles. The van der Waals surface area contributed by atoms with Gasteiger partial charge in [-0.2, -0.15) is 0 Å². The molecule has 0 saturated carbocycles. The number of piperazine rings is 1. The lowest BCUT2D eigenvalue weighted by Crippen LogP contribution is -2.46. The molecule has 6 nitrogen and oxygen atoms in total. The molecule has 0 bridgehead atoms. The van der Waals surface area contributed by atoms with Gasteiger partial charge in [0.15, 0.2) is 6.61 Å². The smallest absolute Gasteiger partial charge is 0.262 e. The van der Waals surface area contributed by atoms with E-state index in [1.165, 1.54) is 10.9 Å². The normalized spacial score (nSPS) is 17.0. The lowest BCUT2D eigenvalue weighted by molar-refractivity contribution is -0.118. The molecule has 3 heterocycles. The van der Waals surface area contributed by atoms with Crippen LogP contribution in [0.2, 0.25) is 5.02 Å². The van der Waals surface area contributed by atoms with E-state index in [4.69, 9.17) is 16.3 Å². The highest BCUT2D eigenvalue weighted by atomic mass is 35.5. The Morgan fingerprint density at radius 2 is 1.93 bits per heavy atom. The zero-order valence-corrected chi connectivity index (χ0v) is 17.5. The third kappa shape index (κ3) is 3.85. The molecule has 2 aromatic carbocycles. The highest BCUT2D eigenvalue weighted by Crippen LogP contribution is 2.34. The number of fused-ring (bicyclic) bond motifs is 2. The fourth-order valence-electron chi connectivity index (χ4n) is 4.40. The first-order chi connectivity index (χ1) is 14.7. The van der Waals surface area contributed by atoms with Crippen LogP contribution in [0.15, 0.2) is 42.6 Å². The van der Waals surface area contributed by atoms with Gasteiger partial charge in [0.05, 0.1) is 16.4 Å². The number of ether oxygens (including phenoxy) is 1. The van der Waals surface area contributed by atoms with E-state index in [0.717, 1.165) is 73.2 Å². The summed E-state index contributed by atoms with van der Waals surface area (Å²) in [5.41, 5.74) is 4.29. The van der Waals surface area contributed by atoms with Gasteiger partial charge < -0.3 is 19.9 Å². The molecule has 0 radical (unpaired) electrons. The zero-order valence-electron chi connectivity index (χ0n) is 16.8. The van der Waals surface area contributed by atoms with Crippen molar-refractivity contribution in [3.8, 4) is 5.75 Å². The van der Waals surface area contributed by atoms with E-state index >= 15 is 0 Å². The van der Waals surface area contributed by atoms with Crippen molar-refractivity contribution in [3.63, 3.8) is 0 Å². The number of aryl methyl sites for hydroxylation is 1. The molecule has 1 saturated heterocycles. The molecule has 0 unspecified atom stereocenters. The number of amides is 1. The van der Waals surface area contributed by atoms with Gasteiger partial charge in [-0.25, -0.2) is 0 Å². The van der Waals surface area contributed by atoms with E-state index in [1.807, 2.05) is 30.5 Å². The maximum Gasteiger partial charge on any atom is 0.262 e. The number of halogens is 1. The van der Waals surface area contributed by atoms with Crippen LogP contribution in [0.5, 0.6) is 5.75 Å². The first kappa shape index (κ1) is 19.3. The predicted octanol–water partition coefficient (Wildman–Crippen LogP) is 3.91. The molecule has 30 heavy (non-hydrogen) atoms. The van der Waals surface area contributed by atoms with Crippen molar-refractivity contribution in [1.82, 2.24) is 9.88 Å². The van der Waals surface area contributed by atoms with Crippen LogP contribution in [0.1, 0.15) is 12.0 Å². The second kappa shape index (κ2) is 8.20. The molecule has 0 spiro atoms. The lowest BCUT2D eigenvalue weighted by Gasteiger charge is -2.36. The number of nitrogens with one attached hydrogen (secondary N) is 2. The van der Waals surface area contributed by atoms with Gasteiger partial charge in [-0.1, -0.05) is 17.7 Å². The van der Waals surface area contributed by atoms with Crippen LogP contribution in [0.3, 0.4) is 0 Å². The number of anilines is 2. The van der Waals surface area contributed by atoms with Crippen molar-refractivity contribution in [2.24, 2.45) is 0 Å². The molecular weight excluding hydrogens is 400 g/mol. The minimum Gasteiger partial charge on any atom is -0.482 e. The minimum absolute atomic E-state index is 0.0899. The van der Waals surface area contributed by atoms with Crippen LogP contribution in [-0.4, -0.2) is 55.1 Å². The highest BCUT2D eigenvalue weighted by Gasteiger charge is 2.21. The molecule has 2 aliphatic rings. The molecule has 1 amide bonds.